The summed E-state index contributed by atoms with van der Waals surface area (Å²) in [4.78, 5) is 0. The van der Waals surface area contributed by atoms with E-state index in [1.807, 2.05) is 0 Å². The third-order valence-corrected chi connectivity index (χ3v) is 6.59. The Morgan fingerprint density at radius 3 is 2.29 bits per heavy atom. The molecule has 0 saturated heterocycles. The lowest BCUT2D eigenvalue weighted by Gasteiger charge is -2.57. The van der Waals surface area contributed by atoms with Crippen molar-refractivity contribution in [3.05, 3.63) is 0 Å². The molecule has 3 aliphatic rings. The van der Waals surface area contributed by atoms with Crippen molar-refractivity contribution in [1.29, 1.82) is 0 Å². The molecule has 21 heavy (non-hydrogen) atoms. The van der Waals surface area contributed by atoms with Crippen molar-refractivity contribution in [1.82, 2.24) is 5.32 Å². The molecular weight excluding hydrogens is 258 g/mol. The van der Waals surface area contributed by atoms with Crippen LogP contribution in [0.1, 0.15) is 84.5 Å². The van der Waals surface area contributed by atoms with Crippen LogP contribution in [0.5, 0.6) is 0 Å². The second kappa shape index (κ2) is 7.00. The average Bonchev–Trinajstić information content (AvgIpc) is 2.76. The first kappa shape index (κ1) is 15.8. The lowest BCUT2D eigenvalue weighted by atomic mass is 9.57. The minimum absolute atomic E-state index is 0.482. The summed E-state index contributed by atoms with van der Waals surface area (Å²) >= 11 is 0. The fourth-order valence-corrected chi connectivity index (χ4v) is 5.13. The van der Waals surface area contributed by atoms with Crippen LogP contribution in [-0.4, -0.2) is 24.8 Å². The SMILES string of the molecule is CCNC1CC(OC2CCC(C)CC2)C12CCCCCC2. The summed E-state index contributed by atoms with van der Waals surface area (Å²) in [6.07, 6.45) is 16.3. The largest absolute Gasteiger partial charge is 0.374 e. The summed E-state index contributed by atoms with van der Waals surface area (Å²) in [6, 6.07) is 0.730. The lowest BCUT2D eigenvalue weighted by molar-refractivity contribution is -0.176. The fourth-order valence-electron chi connectivity index (χ4n) is 5.13. The summed E-state index contributed by atoms with van der Waals surface area (Å²) in [6.45, 7) is 5.76. The zero-order chi connectivity index (χ0) is 14.7. The van der Waals surface area contributed by atoms with E-state index in [0.29, 0.717) is 17.6 Å². The predicted octanol–water partition coefficient (Wildman–Crippen LogP) is 4.67. The van der Waals surface area contributed by atoms with Crippen LogP contribution in [0.3, 0.4) is 0 Å². The maximum atomic E-state index is 6.66. The van der Waals surface area contributed by atoms with Gasteiger partial charge in [-0.1, -0.05) is 39.5 Å². The molecule has 0 radical (unpaired) electrons. The molecule has 1 spiro atoms. The summed E-state index contributed by atoms with van der Waals surface area (Å²) in [5, 5.41) is 3.76. The Morgan fingerprint density at radius 1 is 1.00 bits per heavy atom. The minimum Gasteiger partial charge on any atom is -0.374 e. The maximum Gasteiger partial charge on any atom is 0.0665 e. The molecule has 2 heteroatoms. The van der Waals surface area contributed by atoms with Crippen molar-refractivity contribution in [3.8, 4) is 0 Å². The van der Waals surface area contributed by atoms with Gasteiger partial charge in [0.2, 0.25) is 0 Å². The van der Waals surface area contributed by atoms with E-state index in [1.165, 1.54) is 70.6 Å². The highest BCUT2D eigenvalue weighted by atomic mass is 16.5. The quantitative estimate of drug-likeness (QED) is 0.813. The molecule has 0 bridgehead atoms. The van der Waals surface area contributed by atoms with E-state index < -0.39 is 0 Å². The summed E-state index contributed by atoms with van der Waals surface area (Å²) < 4.78 is 6.66. The molecule has 0 amide bonds. The van der Waals surface area contributed by atoms with Crippen molar-refractivity contribution >= 4 is 0 Å². The second-order valence-corrected chi connectivity index (χ2v) is 8.00. The minimum atomic E-state index is 0.482. The van der Waals surface area contributed by atoms with Crippen LogP contribution in [0.25, 0.3) is 0 Å². The maximum absolute atomic E-state index is 6.66. The van der Waals surface area contributed by atoms with Gasteiger partial charge in [-0.2, -0.15) is 0 Å². The molecule has 0 aliphatic heterocycles. The van der Waals surface area contributed by atoms with Crippen molar-refractivity contribution < 1.29 is 4.74 Å². The van der Waals surface area contributed by atoms with Crippen LogP contribution in [0, 0.1) is 11.3 Å². The van der Waals surface area contributed by atoms with Gasteiger partial charge in [0.05, 0.1) is 12.2 Å². The van der Waals surface area contributed by atoms with Crippen LogP contribution in [0.2, 0.25) is 0 Å². The Labute approximate surface area is 131 Å². The number of nitrogens with one attached hydrogen (secondary N) is 1. The lowest BCUT2D eigenvalue weighted by Crippen LogP contribution is -2.64. The summed E-state index contributed by atoms with van der Waals surface area (Å²) in [7, 11) is 0. The Morgan fingerprint density at radius 2 is 1.67 bits per heavy atom. The third-order valence-electron chi connectivity index (χ3n) is 6.59. The van der Waals surface area contributed by atoms with Crippen LogP contribution in [-0.2, 0) is 4.74 Å². The third kappa shape index (κ3) is 3.32. The molecule has 2 nitrogen and oxygen atoms in total. The zero-order valence-electron chi connectivity index (χ0n) is 14.2. The van der Waals surface area contributed by atoms with E-state index in [1.54, 1.807) is 0 Å². The van der Waals surface area contributed by atoms with Gasteiger partial charge in [0.1, 0.15) is 0 Å². The molecule has 3 fully saturated rings. The van der Waals surface area contributed by atoms with E-state index in [0.717, 1.165) is 18.5 Å². The van der Waals surface area contributed by atoms with Crippen molar-refractivity contribution in [3.63, 3.8) is 0 Å². The topological polar surface area (TPSA) is 21.3 Å². The molecule has 3 aliphatic carbocycles. The number of ether oxygens (including phenoxy) is 1. The van der Waals surface area contributed by atoms with Gasteiger partial charge < -0.3 is 10.1 Å². The Kier molecular flexibility index (Phi) is 5.27. The van der Waals surface area contributed by atoms with Crippen molar-refractivity contribution in [2.45, 2.75) is 103 Å². The van der Waals surface area contributed by atoms with Crippen LogP contribution in [0.4, 0.5) is 0 Å². The fraction of sp³-hybridized carbons (Fsp3) is 1.00. The molecule has 0 aromatic heterocycles. The molecule has 0 heterocycles. The first-order chi connectivity index (χ1) is 10.2. The molecule has 1 N–H and O–H groups in total. The van der Waals surface area contributed by atoms with E-state index in [9.17, 15) is 0 Å². The van der Waals surface area contributed by atoms with Crippen molar-refractivity contribution in [2.75, 3.05) is 6.54 Å². The Balaban J connectivity index is 1.61. The van der Waals surface area contributed by atoms with Gasteiger partial charge in [0.15, 0.2) is 0 Å². The molecule has 3 rings (SSSR count). The Bertz CT molecular complexity index is 314. The van der Waals surface area contributed by atoms with Crippen LogP contribution < -0.4 is 5.32 Å². The van der Waals surface area contributed by atoms with Crippen LogP contribution in [0.15, 0.2) is 0 Å². The summed E-state index contributed by atoms with van der Waals surface area (Å²) in [5.41, 5.74) is 0.482. The summed E-state index contributed by atoms with van der Waals surface area (Å²) in [5.74, 6) is 0.924. The molecule has 0 aromatic rings. The van der Waals surface area contributed by atoms with Gasteiger partial charge in [-0.25, -0.2) is 0 Å². The zero-order valence-corrected chi connectivity index (χ0v) is 14.2. The van der Waals surface area contributed by atoms with Gasteiger partial charge in [-0.15, -0.1) is 0 Å². The highest BCUT2D eigenvalue weighted by molar-refractivity contribution is 5.08. The first-order valence-electron chi connectivity index (χ1n) is 9.63. The smallest absolute Gasteiger partial charge is 0.0665 e. The molecule has 2 atom stereocenters. The molecule has 122 valence electrons. The van der Waals surface area contributed by atoms with Gasteiger partial charge in [-0.3, -0.25) is 0 Å². The van der Waals surface area contributed by atoms with Crippen molar-refractivity contribution in [2.24, 2.45) is 11.3 Å². The molecule has 3 saturated carbocycles. The normalized spacial score (nSPS) is 39.7. The number of hydrogen-bond acceptors (Lipinski definition) is 2. The van der Waals surface area contributed by atoms with Gasteiger partial charge in [-0.05, 0) is 57.4 Å². The standard InChI is InChI=1S/C19H35NO/c1-3-20-17-14-18(19(17)12-6-4-5-7-13-19)21-16-10-8-15(2)9-11-16/h15-18,20H,3-14H2,1-2H3. The highest BCUT2D eigenvalue weighted by Crippen LogP contribution is 2.53. The predicted molar refractivity (Wildman–Crippen MR) is 88.5 cm³/mol. The van der Waals surface area contributed by atoms with Gasteiger partial charge in [0.25, 0.3) is 0 Å². The van der Waals surface area contributed by atoms with Crippen LogP contribution >= 0.6 is 0 Å². The van der Waals surface area contributed by atoms with Gasteiger partial charge in [0, 0.05) is 11.5 Å². The van der Waals surface area contributed by atoms with E-state index in [4.69, 9.17) is 4.74 Å². The first-order valence-corrected chi connectivity index (χ1v) is 9.63. The Hall–Kier alpha value is -0.0800. The highest BCUT2D eigenvalue weighted by Gasteiger charge is 2.55. The van der Waals surface area contributed by atoms with Gasteiger partial charge >= 0.3 is 0 Å². The number of rotatable bonds is 4. The molecule has 2 unspecified atom stereocenters. The van der Waals surface area contributed by atoms with E-state index >= 15 is 0 Å². The second-order valence-electron chi connectivity index (χ2n) is 8.00. The molecule has 0 aromatic carbocycles. The number of hydrogen-bond donors (Lipinski definition) is 1. The van der Waals surface area contributed by atoms with E-state index in [2.05, 4.69) is 19.2 Å². The van der Waals surface area contributed by atoms with E-state index in [-0.39, 0.29) is 0 Å². The monoisotopic (exact) mass is 293 g/mol. The average molecular weight is 293 g/mol. The molecular formula is C19H35NO.